The van der Waals surface area contributed by atoms with E-state index < -0.39 is 12.0 Å². The summed E-state index contributed by atoms with van der Waals surface area (Å²) in [6.07, 6.45) is 1.41. The standard InChI is InChI=1S/C6H6O3/c7-6(8)5-3-1-2-4-9-5/h1-5H,(H,7,8)/i3D,5D. The Kier molecular flexibility index (Phi) is 0.969. The summed E-state index contributed by atoms with van der Waals surface area (Å²) >= 11 is 0. The van der Waals surface area contributed by atoms with E-state index in [1.807, 2.05) is 0 Å². The minimum absolute atomic E-state index is 0.382. The zero-order chi connectivity index (χ0) is 8.48. The Morgan fingerprint density at radius 1 is 1.89 bits per heavy atom. The van der Waals surface area contributed by atoms with Gasteiger partial charge in [-0.3, -0.25) is 0 Å². The second-order valence-corrected chi connectivity index (χ2v) is 1.39. The zero-order valence-electron chi connectivity index (χ0n) is 6.50. The second-order valence-electron chi connectivity index (χ2n) is 1.39. The van der Waals surface area contributed by atoms with Crippen molar-refractivity contribution in [2.24, 2.45) is 0 Å². The Balaban J connectivity index is 2.97. The van der Waals surface area contributed by atoms with E-state index in [0.29, 0.717) is 0 Å². The molecule has 0 aromatic heterocycles. The van der Waals surface area contributed by atoms with E-state index in [1.54, 1.807) is 0 Å². The molecule has 0 aliphatic carbocycles. The molecule has 0 aromatic rings. The molecule has 0 saturated carbocycles. The van der Waals surface area contributed by atoms with E-state index >= 15 is 0 Å². The molecule has 9 heavy (non-hydrogen) atoms. The molecule has 0 aromatic carbocycles. The summed E-state index contributed by atoms with van der Waals surface area (Å²) in [7, 11) is 0. The smallest absolute Gasteiger partial charge is 0.349 e. The maximum absolute atomic E-state index is 10.4. The van der Waals surface area contributed by atoms with Crippen LogP contribution in [0.15, 0.2) is 24.5 Å². The van der Waals surface area contributed by atoms with Crippen LogP contribution in [-0.2, 0) is 9.53 Å². The van der Waals surface area contributed by atoms with Gasteiger partial charge in [0.1, 0.15) is 0 Å². The van der Waals surface area contributed by atoms with Gasteiger partial charge in [0.15, 0.2) is 0 Å². The van der Waals surface area contributed by atoms with Gasteiger partial charge in [-0.2, -0.15) is 0 Å². The van der Waals surface area contributed by atoms with Crippen LogP contribution in [0.25, 0.3) is 0 Å². The minimum Gasteiger partial charge on any atom is -0.482 e. The highest BCUT2D eigenvalue weighted by molar-refractivity contribution is 5.75. The highest BCUT2D eigenvalue weighted by Crippen LogP contribution is 2.00. The van der Waals surface area contributed by atoms with Gasteiger partial charge in [0.2, 0.25) is 6.08 Å². The quantitative estimate of drug-likeness (QED) is 0.560. The predicted octanol–water partition coefficient (Wildman–Crippen LogP) is 0.540. The van der Waals surface area contributed by atoms with Crippen molar-refractivity contribution in [3.05, 3.63) is 24.5 Å². The third-order valence-electron chi connectivity index (χ3n) is 0.769. The van der Waals surface area contributed by atoms with E-state index in [4.69, 9.17) is 7.85 Å². The first-order valence-electron chi connectivity index (χ1n) is 3.32. The number of hydrogen-bond donors (Lipinski definition) is 1. The van der Waals surface area contributed by atoms with Crippen molar-refractivity contribution in [3.8, 4) is 0 Å². The minimum atomic E-state index is -2.26. The number of carbonyl (C=O) groups is 1. The molecule has 0 bridgehead atoms. The van der Waals surface area contributed by atoms with E-state index in [1.165, 1.54) is 12.2 Å². The van der Waals surface area contributed by atoms with Gasteiger partial charge in [-0.25, -0.2) is 4.79 Å². The SMILES string of the molecule is [2H]C1=CC=COC1([2H])C(=O)O. The van der Waals surface area contributed by atoms with Crippen molar-refractivity contribution < 1.29 is 17.4 Å². The van der Waals surface area contributed by atoms with Crippen LogP contribution in [0.4, 0.5) is 0 Å². The summed E-state index contributed by atoms with van der Waals surface area (Å²) in [6, 6.07) is -0.382. The van der Waals surface area contributed by atoms with Crippen LogP contribution >= 0.6 is 0 Å². The topological polar surface area (TPSA) is 46.5 Å². The average Bonchev–Trinajstić information content (AvgIpc) is 1.95. The lowest BCUT2D eigenvalue weighted by molar-refractivity contribution is -0.144. The molecule has 1 aliphatic rings. The molecule has 1 unspecified atom stereocenters. The number of hydrogen-bond acceptors (Lipinski definition) is 2. The van der Waals surface area contributed by atoms with E-state index in [-0.39, 0.29) is 6.05 Å². The number of ether oxygens (including phenoxy) is 1. The monoisotopic (exact) mass is 128 g/mol. The largest absolute Gasteiger partial charge is 0.482 e. The fraction of sp³-hybridized carbons (Fsp3) is 0.167. The molecular formula is C6H6O3. The number of aliphatic carboxylic acids is 1. The molecule has 1 heterocycles. The fourth-order valence-corrected chi connectivity index (χ4v) is 0.417. The normalized spacial score (nSPS) is 35.8. The number of carboxylic acids is 1. The third-order valence-corrected chi connectivity index (χ3v) is 0.769. The van der Waals surface area contributed by atoms with Gasteiger partial charge in [-0.1, -0.05) is 6.08 Å². The average molecular weight is 128 g/mol. The van der Waals surface area contributed by atoms with E-state index in [2.05, 4.69) is 4.74 Å². The molecule has 48 valence electrons. The van der Waals surface area contributed by atoms with Gasteiger partial charge in [0.05, 0.1) is 9.00 Å². The Bertz CT molecular complexity index is 246. The third kappa shape index (κ3) is 1.32. The van der Waals surface area contributed by atoms with Crippen LogP contribution in [-0.4, -0.2) is 17.2 Å². The highest BCUT2D eigenvalue weighted by atomic mass is 16.5. The van der Waals surface area contributed by atoms with Gasteiger partial charge in [-0.15, -0.1) is 0 Å². The first-order valence-corrected chi connectivity index (χ1v) is 2.32. The number of allylic oxidation sites excluding steroid dienone is 2. The first-order chi connectivity index (χ1) is 5.07. The van der Waals surface area contributed by atoms with Crippen molar-refractivity contribution in [3.63, 3.8) is 0 Å². The maximum Gasteiger partial charge on any atom is 0.349 e. The lowest BCUT2D eigenvalue weighted by Crippen LogP contribution is -2.19. The maximum atomic E-state index is 10.4. The molecule has 0 amide bonds. The molecule has 3 heteroatoms. The molecule has 1 aliphatic heterocycles. The summed E-state index contributed by atoms with van der Waals surface area (Å²) < 4.78 is 18.7. The van der Waals surface area contributed by atoms with Crippen LogP contribution in [0, 0.1) is 0 Å². The van der Waals surface area contributed by atoms with Gasteiger partial charge in [0, 0.05) is 0 Å². The fourth-order valence-electron chi connectivity index (χ4n) is 0.417. The summed E-state index contributed by atoms with van der Waals surface area (Å²) in [4.78, 5) is 10.4. The summed E-state index contributed by atoms with van der Waals surface area (Å²) in [6.45, 7) is 0. The summed E-state index contributed by atoms with van der Waals surface area (Å²) in [5.74, 6) is -1.48. The van der Waals surface area contributed by atoms with Crippen LogP contribution in [0.1, 0.15) is 2.74 Å². The number of carboxylic acid groups (broad SMARTS) is 1. The Morgan fingerprint density at radius 3 is 3.11 bits per heavy atom. The van der Waals surface area contributed by atoms with Crippen LogP contribution in [0.3, 0.4) is 0 Å². The van der Waals surface area contributed by atoms with Crippen LogP contribution in [0.2, 0.25) is 0 Å². The molecular weight excluding hydrogens is 120 g/mol. The van der Waals surface area contributed by atoms with Gasteiger partial charge >= 0.3 is 5.97 Å². The molecule has 0 radical (unpaired) electrons. The van der Waals surface area contributed by atoms with Crippen LogP contribution in [0.5, 0.6) is 0 Å². The Labute approximate surface area is 55.1 Å². The second kappa shape index (κ2) is 2.35. The van der Waals surface area contributed by atoms with E-state index in [9.17, 15) is 4.79 Å². The molecule has 1 atom stereocenters. The molecule has 1 N–H and O–H groups in total. The molecule has 0 saturated heterocycles. The molecule has 0 spiro atoms. The molecule has 1 rings (SSSR count). The van der Waals surface area contributed by atoms with Crippen molar-refractivity contribution >= 4 is 5.97 Å². The Hall–Kier alpha value is -1.25. The van der Waals surface area contributed by atoms with E-state index in [0.717, 1.165) is 6.26 Å². The van der Waals surface area contributed by atoms with Gasteiger partial charge in [-0.05, 0) is 12.1 Å². The molecule has 0 fully saturated rings. The van der Waals surface area contributed by atoms with Gasteiger partial charge in [0.25, 0.3) is 0 Å². The van der Waals surface area contributed by atoms with Crippen LogP contribution < -0.4 is 0 Å². The number of rotatable bonds is 1. The predicted molar refractivity (Wildman–Crippen MR) is 30.8 cm³/mol. The summed E-state index contributed by atoms with van der Waals surface area (Å²) in [5, 5.41) is 8.46. The van der Waals surface area contributed by atoms with Crippen molar-refractivity contribution in [2.75, 3.05) is 0 Å². The van der Waals surface area contributed by atoms with Crippen molar-refractivity contribution in [1.29, 1.82) is 0 Å². The highest BCUT2D eigenvalue weighted by Gasteiger charge is 2.13. The van der Waals surface area contributed by atoms with Crippen molar-refractivity contribution in [2.45, 2.75) is 6.08 Å². The first kappa shape index (κ1) is 3.71. The van der Waals surface area contributed by atoms with Gasteiger partial charge < -0.3 is 9.84 Å². The Morgan fingerprint density at radius 2 is 2.67 bits per heavy atom. The lowest BCUT2D eigenvalue weighted by atomic mass is 10.3. The van der Waals surface area contributed by atoms with Crippen molar-refractivity contribution in [1.82, 2.24) is 0 Å². The lowest BCUT2D eigenvalue weighted by Gasteiger charge is -2.08. The zero-order valence-corrected chi connectivity index (χ0v) is 4.50. The molecule has 3 nitrogen and oxygen atoms in total. The summed E-state index contributed by atoms with van der Waals surface area (Å²) in [5.41, 5.74) is 0.